The first-order valence-corrected chi connectivity index (χ1v) is 17.9. The van der Waals surface area contributed by atoms with Crippen LogP contribution < -0.4 is 21.2 Å². The van der Waals surface area contributed by atoms with Crippen LogP contribution in [0.4, 0.5) is 0 Å². The molecule has 5 aromatic carbocycles. The van der Waals surface area contributed by atoms with Crippen LogP contribution in [0.2, 0.25) is 0 Å². The van der Waals surface area contributed by atoms with Gasteiger partial charge in [0.05, 0.1) is 0 Å². The molecular formula is C31H30BrClP2. The zero-order chi connectivity index (χ0) is 23.3. The summed E-state index contributed by atoms with van der Waals surface area (Å²) < 4.78 is 0. The van der Waals surface area contributed by atoms with Gasteiger partial charge in [-0.3, -0.25) is 0 Å². The Bertz CT molecular complexity index is 1220. The van der Waals surface area contributed by atoms with Crippen LogP contribution in [0.1, 0.15) is 5.56 Å². The van der Waals surface area contributed by atoms with Crippen molar-refractivity contribution in [3.8, 4) is 0 Å². The van der Waals surface area contributed by atoms with E-state index in [4.69, 9.17) is 11.2 Å². The Balaban J connectivity index is 0.00000289. The summed E-state index contributed by atoms with van der Waals surface area (Å²) in [6, 6.07) is 54.9. The molecule has 0 unspecified atom stereocenters. The van der Waals surface area contributed by atoms with Gasteiger partial charge in [0.15, 0.2) is 0 Å². The molecule has 0 heterocycles. The van der Waals surface area contributed by atoms with Gasteiger partial charge < -0.3 is 0 Å². The van der Waals surface area contributed by atoms with Crippen molar-refractivity contribution < 1.29 is 0 Å². The fourth-order valence-corrected chi connectivity index (χ4v) is 24.8. The number of rotatable bonds is 7. The van der Waals surface area contributed by atoms with E-state index >= 15 is 0 Å². The number of benzene rings is 5. The average molecular weight is 580 g/mol. The van der Waals surface area contributed by atoms with Gasteiger partial charge in [-0.25, -0.2) is 0 Å². The van der Waals surface area contributed by atoms with Crippen molar-refractivity contribution in [2.75, 3.05) is 0 Å². The van der Waals surface area contributed by atoms with Gasteiger partial charge in [0.1, 0.15) is 0 Å². The van der Waals surface area contributed by atoms with Crippen molar-refractivity contribution in [3.63, 3.8) is 0 Å². The van der Waals surface area contributed by atoms with E-state index in [9.17, 15) is 0 Å². The van der Waals surface area contributed by atoms with Crippen molar-refractivity contribution in [3.05, 3.63) is 157 Å². The third-order valence-corrected chi connectivity index (χ3v) is 24.8. The van der Waals surface area contributed by atoms with Crippen LogP contribution >= 0.6 is 41.5 Å². The molecule has 0 fully saturated rings. The quantitative estimate of drug-likeness (QED) is 0.174. The summed E-state index contributed by atoms with van der Waals surface area (Å²) in [6.07, 6.45) is -1.89. The molecule has 0 aliphatic rings. The maximum absolute atomic E-state index is 8.33. The van der Waals surface area contributed by atoms with E-state index in [0.717, 1.165) is 6.16 Å². The standard InChI is InChI=1S/C31H29ClP2.BrH/c32-33(28-18-8-2-9-19-28,26-27-16-6-1-7-17-27)34(29-20-10-3-11-21-29,30-22-12-4-13-23-30)31-24-14-5-15-25-31;/h1-25,33-34H,26H2;1H. The Hall–Kier alpha value is -2.27. The van der Waals surface area contributed by atoms with Crippen LogP contribution in [-0.4, -0.2) is 0 Å². The Morgan fingerprint density at radius 3 is 1.03 bits per heavy atom. The van der Waals surface area contributed by atoms with Gasteiger partial charge in [-0.05, 0) is 0 Å². The fourth-order valence-electron chi connectivity index (χ4n) is 5.28. The number of hydrogen-bond donors (Lipinski definition) is 0. The second-order valence-electron chi connectivity index (χ2n) is 8.68. The molecule has 5 aromatic rings. The monoisotopic (exact) mass is 578 g/mol. The summed E-state index contributed by atoms with van der Waals surface area (Å²) in [6.45, 7) is -2.70. The molecule has 0 aliphatic heterocycles. The van der Waals surface area contributed by atoms with E-state index in [0.29, 0.717) is 0 Å². The van der Waals surface area contributed by atoms with E-state index < -0.39 is 13.3 Å². The Morgan fingerprint density at radius 2 is 0.686 bits per heavy atom. The average Bonchev–Trinajstić information content (AvgIpc) is 2.92. The van der Waals surface area contributed by atoms with Crippen LogP contribution in [-0.2, 0) is 6.16 Å². The van der Waals surface area contributed by atoms with E-state index in [-0.39, 0.29) is 17.0 Å². The van der Waals surface area contributed by atoms with E-state index in [1.54, 1.807) is 0 Å². The Kier molecular flexibility index (Phi) is 8.59. The molecule has 0 spiro atoms. The molecule has 4 heteroatoms. The van der Waals surface area contributed by atoms with Crippen LogP contribution in [0.5, 0.6) is 0 Å². The number of halogens is 2. The molecule has 0 saturated heterocycles. The maximum atomic E-state index is 8.33. The first-order chi connectivity index (χ1) is 16.7. The predicted octanol–water partition coefficient (Wildman–Crippen LogP) is 7.64. The van der Waals surface area contributed by atoms with Gasteiger partial charge in [0, 0.05) is 0 Å². The van der Waals surface area contributed by atoms with Gasteiger partial charge >= 0.3 is 209 Å². The Morgan fingerprint density at radius 1 is 0.400 bits per heavy atom. The van der Waals surface area contributed by atoms with Crippen LogP contribution in [0.3, 0.4) is 0 Å². The topological polar surface area (TPSA) is 0 Å². The number of hydrogen-bond acceptors (Lipinski definition) is 0. The zero-order valence-electron chi connectivity index (χ0n) is 19.4. The molecule has 0 nitrogen and oxygen atoms in total. The molecule has 0 aromatic heterocycles. The second-order valence-corrected chi connectivity index (χ2v) is 22.1. The van der Waals surface area contributed by atoms with Crippen molar-refractivity contribution in [2.45, 2.75) is 6.16 Å². The van der Waals surface area contributed by atoms with Crippen LogP contribution in [0.15, 0.2) is 152 Å². The van der Waals surface area contributed by atoms with Gasteiger partial charge in [0.2, 0.25) is 0 Å². The summed E-state index contributed by atoms with van der Waals surface area (Å²) in [5.74, 6) is 0. The van der Waals surface area contributed by atoms with Crippen molar-refractivity contribution in [2.24, 2.45) is 0 Å². The molecule has 0 N–H and O–H groups in total. The summed E-state index contributed by atoms with van der Waals surface area (Å²) in [5, 5.41) is 5.40. The van der Waals surface area contributed by atoms with E-state index in [1.807, 2.05) is 0 Å². The summed E-state index contributed by atoms with van der Waals surface area (Å²) in [7, 11) is 0. The van der Waals surface area contributed by atoms with Gasteiger partial charge in [-0.2, -0.15) is 0 Å². The second kappa shape index (κ2) is 11.6. The van der Waals surface area contributed by atoms with E-state index in [1.165, 1.54) is 26.8 Å². The van der Waals surface area contributed by atoms with Gasteiger partial charge in [-0.15, -0.1) is 17.0 Å². The third-order valence-electron chi connectivity index (χ3n) is 6.74. The van der Waals surface area contributed by atoms with Gasteiger partial charge in [0.25, 0.3) is 0 Å². The Labute approximate surface area is 225 Å². The molecule has 0 saturated carbocycles. The molecular weight excluding hydrogens is 550 g/mol. The van der Waals surface area contributed by atoms with Crippen LogP contribution in [0.25, 0.3) is 0 Å². The minimum atomic E-state index is -2.76. The van der Waals surface area contributed by atoms with Gasteiger partial charge in [-0.1, -0.05) is 0 Å². The van der Waals surface area contributed by atoms with Crippen molar-refractivity contribution in [1.29, 1.82) is 0 Å². The third kappa shape index (κ3) is 4.89. The zero-order valence-corrected chi connectivity index (χ0v) is 23.9. The molecule has 35 heavy (non-hydrogen) atoms. The summed E-state index contributed by atoms with van der Waals surface area (Å²) in [4.78, 5) is 0. The molecule has 0 atom stereocenters. The SMILES string of the molecule is Br.Cl[PH](Cc1ccccc1)(c1ccccc1)[PH](c1ccccc1)(c1ccccc1)c1ccccc1. The van der Waals surface area contributed by atoms with Crippen LogP contribution in [0, 0.1) is 0 Å². The fraction of sp³-hybridized carbons (Fsp3) is 0.0323. The molecule has 0 radical (unpaired) electrons. The van der Waals surface area contributed by atoms with E-state index in [2.05, 4.69) is 152 Å². The summed E-state index contributed by atoms with van der Waals surface area (Å²) in [5.41, 5.74) is 1.30. The molecule has 5 rings (SSSR count). The molecule has 0 bridgehead atoms. The first kappa shape index (κ1) is 25.8. The predicted molar refractivity (Wildman–Crippen MR) is 167 cm³/mol. The normalized spacial score (nSPS) is 12.4. The summed E-state index contributed by atoms with van der Waals surface area (Å²) >= 11 is 8.33. The first-order valence-electron chi connectivity index (χ1n) is 11.7. The molecule has 0 aliphatic carbocycles. The molecule has 178 valence electrons. The molecule has 0 amide bonds. The minimum absolute atomic E-state index is 0. The van der Waals surface area contributed by atoms with Crippen molar-refractivity contribution >= 4 is 62.7 Å². The van der Waals surface area contributed by atoms with Crippen molar-refractivity contribution in [1.82, 2.24) is 0 Å².